The van der Waals surface area contributed by atoms with E-state index in [0.717, 1.165) is 36.8 Å². The highest BCUT2D eigenvalue weighted by Crippen LogP contribution is 2.11. The Morgan fingerprint density at radius 1 is 1.17 bits per heavy atom. The molecule has 0 amide bonds. The van der Waals surface area contributed by atoms with Crippen LogP contribution in [0.25, 0.3) is 0 Å². The van der Waals surface area contributed by atoms with E-state index in [1.54, 1.807) is 7.11 Å². The Morgan fingerprint density at radius 2 is 1.83 bits per heavy atom. The number of aliphatic imine (C=N–C) groups is 1. The lowest BCUT2D eigenvalue weighted by Crippen LogP contribution is -2.47. The third-order valence-electron chi connectivity index (χ3n) is 2.98. The summed E-state index contributed by atoms with van der Waals surface area (Å²) >= 11 is 0. The molecule has 0 unspecified atom stereocenters. The molecule has 5 nitrogen and oxygen atoms in total. The lowest BCUT2D eigenvalue weighted by atomic mass is 10.1. The lowest BCUT2D eigenvalue weighted by Gasteiger charge is -2.23. The molecule has 1 aromatic rings. The highest BCUT2D eigenvalue weighted by molar-refractivity contribution is 14.0. The fourth-order valence-corrected chi connectivity index (χ4v) is 1.93. The summed E-state index contributed by atoms with van der Waals surface area (Å²) in [5, 5.41) is 6.62. The van der Waals surface area contributed by atoms with Crippen molar-refractivity contribution < 1.29 is 9.47 Å². The Balaban J connectivity index is 0.00000529. The largest absolute Gasteiger partial charge is 0.497 e. The van der Waals surface area contributed by atoms with Crippen molar-refractivity contribution in [2.45, 2.75) is 46.3 Å². The summed E-state index contributed by atoms with van der Waals surface area (Å²) < 4.78 is 10.8. The Labute approximate surface area is 163 Å². The minimum Gasteiger partial charge on any atom is -0.497 e. The lowest BCUT2D eigenvalue weighted by molar-refractivity contribution is 0.120. The van der Waals surface area contributed by atoms with Crippen LogP contribution in [0.4, 0.5) is 0 Å². The van der Waals surface area contributed by atoms with Gasteiger partial charge in [-0.25, -0.2) is 0 Å². The summed E-state index contributed by atoms with van der Waals surface area (Å²) in [5.74, 6) is 1.72. The zero-order chi connectivity index (χ0) is 17.1. The average molecular weight is 449 g/mol. The van der Waals surface area contributed by atoms with Crippen LogP contribution in [-0.4, -0.2) is 38.3 Å². The first kappa shape index (κ1) is 23.0. The minimum absolute atomic E-state index is 0. The van der Waals surface area contributed by atoms with Gasteiger partial charge in [-0.1, -0.05) is 12.1 Å². The van der Waals surface area contributed by atoms with Gasteiger partial charge in [-0.15, -0.1) is 24.0 Å². The van der Waals surface area contributed by atoms with Crippen molar-refractivity contribution >= 4 is 29.9 Å². The van der Waals surface area contributed by atoms with Gasteiger partial charge < -0.3 is 20.1 Å². The van der Waals surface area contributed by atoms with Gasteiger partial charge in [0.25, 0.3) is 0 Å². The number of hydrogen-bond donors (Lipinski definition) is 2. The van der Waals surface area contributed by atoms with E-state index in [1.807, 2.05) is 24.3 Å². The molecule has 0 fully saturated rings. The number of rotatable bonds is 8. The van der Waals surface area contributed by atoms with Crippen molar-refractivity contribution in [1.29, 1.82) is 0 Å². The van der Waals surface area contributed by atoms with E-state index in [-0.39, 0.29) is 29.5 Å². The molecule has 0 bridgehead atoms. The van der Waals surface area contributed by atoms with Crippen molar-refractivity contribution in [3.05, 3.63) is 29.8 Å². The smallest absolute Gasteiger partial charge is 0.191 e. The summed E-state index contributed by atoms with van der Waals surface area (Å²) in [5.41, 5.74) is 1.16. The van der Waals surface area contributed by atoms with Crippen molar-refractivity contribution in [2.24, 2.45) is 4.99 Å². The molecule has 6 heteroatoms. The number of benzene rings is 1. The second kappa shape index (κ2) is 12.4. The quantitative estimate of drug-likeness (QED) is 0.276. The van der Waals surface area contributed by atoms with E-state index in [4.69, 9.17) is 9.47 Å². The third-order valence-corrected chi connectivity index (χ3v) is 2.98. The molecule has 24 heavy (non-hydrogen) atoms. The van der Waals surface area contributed by atoms with E-state index in [9.17, 15) is 0 Å². The van der Waals surface area contributed by atoms with Crippen molar-refractivity contribution in [3.8, 4) is 5.75 Å². The fourth-order valence-electron chi connectivity index (χ4n) is 1.93. The van der Waals surface area contributed by atoms with Gasteiger partial charge in [-0.3, -0.25) is 4.99 Å². The minimum atomic E-state index is 0. The molecule has 0 saturated carbocycles. The maximum atomic E-state index is 5.69. The highest BCUT2D eigenvalue weighted by atomic mass is 127. The van der Waals surface area contributed by atoms with Gasteiger partial charge in [-0.2, -0.15) is 0 Å². The Hall–Kier alpha value is -1.02. The van der Waals surface area contributed by atoms with Gasteiger partial charge in [-0.05, 0) is 51.8 Å². The maximum Gasteiger partial charge on any atom is 0.191 e. The molecule has 0 aliphatic rings. The van der Waals surface area contributed by atoms with Crippen LogP contribution < -0.4 is 15.4 Å². The standard InChI is InChI=1S/C18H31N3O2.HI/c1-6-19-17(21-18(2,3)4)20-12-7-13-23-14-15-8-10-16(22-5)11-9-15;/h8-11H,6-7,12-14H2,1-5H3,(H2,19,20,21);1H. The van der Waals surface area contributed by atoms with Crippen LogP contribution in [-0.2, 0) is 11.3 Å². The molecule has 0 aliphatic heterocycles. The first-order valence-corrected chi connectivity index (χ1v) is 8.22. The number of methoxy groups -OCH3 is 1. The van der Waals surface area contributed by atoms with Crippen LogP contribution in [0.3, 0.4) is 0 Å². The van der Waals surface area contributed by atoms with Crippen molar-refractivity contribution in [1.82, 2.24) is 10.6 Å². The second-order valence-corrected chi connectivity index (χ2v) is 6.39. The molecule has 0 aliphatic carbocycles. The molecule has 0 radical (unpaired) electrons. The van der Waals surface area contributed by atoms with Crippen LogP contribution in [0, 0.1) is 0 Å². The molecule has 138 valence electrons. The van der Waals surface area contributed by atoms with Gasteiger partial charge in [0.05, 0.1) is 13.7 Å². The fraction of sp³-hybridized carbons (Fsp3) is 0.611. The highest BCUT2D eigenvalue weighted by Gasteiger charge is 2.11. The number of ether oxygens (including phenoxy) is 2. The van der Waals surface area contributed by atoms with E-state index < -0.39 is 0 Å². The molecule has 0 saturated heterocycles. The first-order chi connectivity index (χ1) is 10.9. The van der Waals surface area contributed by atoms with Crippen LogP contribution in [0.15, 0.2) is 29.3 Å². The molecular weight excluding hydrogens is 417 g/mol. The molecule has 0 heterocycles. The monoisotopic (exact) mass is 449 g/mol. The predicted octanol–water partition coefficient (Wildman–Crippen LogP) is 3.57. The summed E-state index contributed by atoms with van der Waals surface area (Å²) in [7, 11) is 1.67. The Bertz CT molecular complexity index is 470. The van der Waals surface area contributed by atoms with Crippen LogP contribution >= 0.6 is 24.0 Å². The van der Waals surface area contributed by atoms with Crippen molar-refractivity contribution in [3.63, 3.8) is 0 Å². The second-order valence-electron chi connectivity index (χ2n) is 6.39. The van der Waals surface area contributed by atoms with Gasteiger partial charge >= 0.3 is 0 Å². The van der Waals surface area contributed by atoms with Crippen molar-refractivity contribution in [2.75, 3.05) is 26.8 Å². The Kier molecular flexibility index (Phi) is 11.8. The summed E-state index contributed by atoms with van der Waals surface area (Å²) in [4.78, 5) is 4.56. The van der Waals surface area contributed by atoms with E-state index >= 15 is 0 Å². The zero-order valence-corrected chi connectivity index (χ0v) is 17.8. The topological polar surface area (TPSA) is 54.9 Å². The average Bonchev–Trinajstić information content (AvgIpc) is 2.50. The van der Waals surface area contributed by atoms with E-state index in [1.165, 1.54) is 0 Å². The number of nitrogens with one attached hydrogen (secondary N) is 2. The van der Waals surface area contributed by atoms with Gasteiger partial charge in [0.15, 0.2) is 5.96 Å². The molecule has 1 rings (SSSR count). The van der Waals surface area contributed by atoms with E-state index in [0.29, 0.717) is 13.2 Å². The van der Waals surface area contributed by atoms with Gasteiger partial charge in [0.2, 0.25) is 0 Å². The Morgan fingerprint density at radius 3 is 2.38 bits per heavy atom. The van der Waals surface area contributed by atoms with Gasteiger partial charge in [0, 0.05) is 25.2 Å². The maximum absolute atomic E-state index is 5.69. The predicted molar refractivity (Wildman–Crippen MR) is 112 cm³/mol. The molecular formula is C18H32IN3O2. The van der Waals surface area contributed by atoms with Crippen LogP contribution in [0.1, 0.15) is 39.7 Å². The van der Waals surface area contributed by atoms with E-state index in [2.05, 4.69) is 43.3 Å². The number of halogens is 1. The number of guanidine groups is 1. The molecule has 0 aromatic heterocycles. The van der Waals surface area contributed by atoms with Crippen LogP contribution in [0.5, 0.6) is 5.75 Å². The molecule has 1 aromatic carbocycles. The number of nitrogens with zero attached hydrogens (tertiary/aromatic N) is 1. The normalized spacial score (nSPS) is 11.6. The van der Waals surface area contributed by atoms with Crippen LogP contribution in [0.2, 0.25) is 0 Å². The molecule has 2 N–H and O–H groups in total. The summed E-state index contributed by atoms with van der Waals surface area (Å²) in [6.45, 7) is 11.4. The SMILES string of the molecule is CCNC(=NCCCOCc1ccc(OC)cc1)NC(C)(C)C.I. The number of hydrogen-bond acceptors (Lipinski definition) is 3. The molecule has 0 spiro atoms. The summed E-state index contributed by atoms with van der Waals surface area (Å²) in [6, 6.07) is 7.94. The zero-order valence-electron chi connectivity index (χ0n) is 15.5. The van der Waals surface area contributed by atoms with Gasteiger partial charge in [0.1, 0.15) is 5.75 Å². The summed E-state index contributed by atoms with van der Waals surface area (Å²) in [6.07, 6.45) is 0.900. The molecule has 0 atom stereocenters. The first-order valence-electron chi connectivity index (χ1n) is 8.22. The third kappa shape index (κ3) is 10.7.